The van der Waals surface area contributed by atoms with Gasteiger partial charge in [0.1, 0.15) is 0 Å². The van der Waals surface area contributed by atoms with Crippen LogP contribution >= 0.6 is 0 Å². The van der Waals surface area contributed by atoms with Crippen molar-refractivity contribution in [2.24, 2.45) is 5.14 Å². The highest BCUT2D eigenvalue weighted by Gasteiger charge is 2.17. The van der Waals surface area contributed by atoms with Crippen LogP contribution < -0.4 is 5.14 Å². The smallest absolute Gasteiger partial charge is 0.216 e. The van der Waals surface area contributed by atoms with Crippen LogP contribution in [0.2, 0.25) is 0 Å². The molecule has 0 spiro atoms. The van der Waals surface area contributed by atoms with Gasteiger partial charge in [0.25, 0.3) is 10.2 Å². The van der Waals surface area contributed by atoms with Crippen LogP contribution in [-0.2, 0) is 10.2 Å². The molecule has 4 nitrogen and oxygen atoms in total. The molecular formula is C8H20N2O2S. The second-order valence-corrected chi connectivity index (χ2v) is 5.01. The van der Waals surface area contributed by atoms with Crippen LogP contribution in [0.1, 0.15) is 39.5 Å². The Labute approximate surface area is 81.3 Å². The number of nitrogens with zero attached hydrogens (tertiary/aromatic N) is 1. The van der Waals surface area contributed by atoms with E-state index in [9.17, 15) is 8.42 Å². The highest BCUT2D eigenvalue weighted by Crippen LogP contribution is 2.09. The summed E-state index contributed by atoms with van der Waals surface area (Å²) in [6, 6.07) is 0.00144. The van der Waals surface area contributed by atoms with Crippen molar-refractivity contribution >= 4 is 10.2 Å². The highest BCUT2D eigenvalue weighted by atomic mass is 32.2. The quantitative estimate of drug-likeness (QED) is 0.664. The Morgan fingerprint density at radius 2 is 1.92 bits per heavy atom. The van der Waals surface area contributed by atoms with Gasteiger partial charge in [-0.3, -0.25) is 0 Å². The summed E-state index contributed by atoms with van der Waals surface area (Å²) in [6.07, 6.45) is 4.22. The molecule has 0 saturated carbocycles. The van der Waals surface area contributed by atoms with Crippen molar-refractivity contribution in [1.29, 1.82) is 0 Å². The van der Waals surface area contributed by atoms with Crippen LogP contribution in [0.3, 0.4) is 0 Å². The Hall–Kier alpha value is -0.130. The number of unbranched alkanes of at least 4 members (excludes halogenated alkanes) is 2. The average Bonchev–Trinajstić information content (AvgIpc) is 2.01. The third-order valence-electron chi connectivity index (χ3n) is 2.25. The first-order chi connectivity index (χ1) is 5.89. The summed E-state index contributed by atoms with van der Waals surface area (Å²) in [7, 11) is -1.99. The van der Waals surface area contributed by atoms with Crippen molar-refractivity contribution in [1.82, 2.24) is 4.31 Å². The normalized spacial score (nSPS) is 14.8. The van der Waals surface area contributed by atoms with Crippen molar-refractivity contribution in [2.75, 3.05) is 7.05 Å². The largest absolute Gasteiger partial charge is 0.276 e. The first kappa shape index (κ1) is 12.9. The van der Waals surface area contributed by atoms with Crippen LogP contribution in [0.4, 0.5) is 0 Å². The minimum Gasteiger partial charge on any atom is -0.216 e. The van der Waals surface area contributed by atoms with Crippen molar-refractivity contribution in [2.45, 2.75) is 45.6 Å². The number of hydrogen-bond acceptors (Lipinski definition) is 2. The molecule has 0 rings (SSSR count). The fraction of sp³-hybridized carbons (Fsp3) is 1.00. The van der Waals surface area contributed by atoms with Gasteiger partial charge in [-0.1, -0.05) is 26.2 Å². The molecule has 0 bridgehead atoms. The SMILES string of the molecule is CCCCCC(C)N(C)S(N)(=O)=O. The third-order valence-corrected chi connectivity index (χ3v) is 3.41. The van der Waals surface area contributed by atoms with E-state index in [4.69, 9.17) is 5.14 Å². The monoisotopic (exact) mass is 208 g/mol. The lowest BCUT2D eigenvalue weighted by atomic mass is 10.1. The summed E-state index contributed by atoms with van der Waals surface area (Å²) >= 11 is 0. The highest BCUT2D eigenvalue weighted by molar-refractivity contribution is 7.86. The molecule has 0 aliphatic heterocycles. The Morgan fingerprint density at radius 3 is 2.31 bits per heavy atom. The lowest BCUT2D eigenvalue weighted by Crippen LogP contribution is -2.39. The first-order valence-electron chi connectivity index (χ1n) is 4.65. The van der Waals surface area contributed by atoms with Gasteiger partial charge in [-0.2, -0.15) is 12.7 Å². The zero-order valence-electron chi connectivity index (χ0n) is 8.66. The second kappa shape index (κ2) is 5.57. The Balaban J connectivity index is 3.90. The Morgan fingerprint density at radius 1 is 1.38 bits per heavy atom. The van der Waals surface area contributed by atoms with Crippen molar-refractivity contribution in [3.05, 3.63) is 0 Å². The van der Waals surface area contributed by atoms with Gasteiger partial charge in [-0.25, -0.2) is 5.14 Å². The van der Waals surface area contributed by atoms with Gasteiger partial charge >= 0.3 is 0 Å². The summed E-state index contributed by atoms with van der Waals surface area (Å²) < 4.78 is 23.0. The fourth-order valence-corrected chi connectivity index (χ4v) is 1.73. The molecule has 2 N–H and O–H groups in total. The maximum Gasteiger partial charge on any atom is 0.276 e. The fourth-order valence-electron chi connectivity index (χ4n) is 1.12. The molecule has 1 unspecified atom stereocenters. The molecule has 1 atom stereocenters. The summed E-state index contributed by atoms with van der Waals surface area (Å²) in [6.45, 7) is 3.99. The van der Waals surface area contributed by atoms with Gasteiger partial charge < -0.3 is 0 Å². The lowest BCUT2D eigenvalue weighted by Gasteiger charge is -2.21. The van der Waals surface area contributed by atoms with E-state index in [1.54, 1.807) is 0 Å². The van der Waals surface area contributed by atoms with E-state index in [0.29, 0.717) is 0 Å². The predicted molar refractivity (Wildman–Crippen MR) is 54.5 cm³/mol. The van der Waals surface area contributed by atoms with E-state index >= 15 is 0 Å². The molecule has 5 heteroatoms. The van der Waals surface area contributed by atoms with Gasteiger partial charge in [0, 0.05) is 13.1 Å². The average molecular weight is 208 g/mol. The standard InChI is InChI=1S/C8H20N2O2S/c1-4-5-6-7-8(2)10(3)13(9,11)12/h8H,4-7H2,1-3H3,(H2,9,11,12). The molecule has 0 saturated heterocycles. The minimum absolute atomic E-state index is 0.00144. The van der Waals surface area contributed by atoms with Crippen molar-refractivity contribution in [3.63, 3.8) is 0 Å². The summed E-state index contributed by atoms with van der Waals surface area (Å²) in [5.74, 6) is 0. The molecule has 0 aromatic carbocycles. The Kier molecular flexibility index (Phi) is 5.51. The van der Waals surface area contributed by atoms with Crippen LogP contribution in [-0.4, -0.2) is 25.8 Å². The molecule has 80 valence electrons. The van der Waals surface area contributed by atoms with E-state index < -0.39 is 10.2 Å². The number of nitrogens with two attached hydrogens (primary N) is 1. The minimum atomic E-state index is -3.51. The van der Waals surface area contributed by atoms with Gasteiger partial charge in [0.15, 0.2) is 0 Å². The molecule has 0 fully saturated rings. The van der Waals surface area contributed by atoms with E-state index in [1.807, 2.05) is 6.92 Å². The summed E-state index contributed by atoms with van der Waals surface area (Å²) in [4.78, 5) is 0. The van der Waals surface area contributed by atoms with Crippen LogP contribution in [0, 0.1) is 0 Å². The van der Waals surface area contributed by atoms with Crippen LogP contribution in [0.5, 0.6) is 0 Å². The maximum absolute atomic E-state index is 10.9. The van der Waals surface area contributed by atoms with Crippen molar-refractivity contribution < 1.29 is 8.42 Å². The van der Waals surface area contributed by atoms with Crippen LogP contribution in [0.25, 0.3) is 0 Å². The van der Waals surface area contributed by atoms with Gasteiger partial charge in [0.2, 0.25) is 0 Å². The lowest BCUT2D eigenvalue weighted by molar-refractivity contribution is 0.362. The molecule has 0 heterocycles. The molecule has 13 heavy (non-hydrogen) atoms. The molecule has 0 aromatic heterocycles. The van der Waals surface area contributed by atoms with E-state index in [1.165, 1.54) is 11.4 Å². The van der Waals surface area contributed by atoms with Gasteiger partial charge in [-0.05, 0) is 13.3 Å². The topological polar surface area (TPSA) is 63.4 Å². The maximum atomic E-state index is 10.9. The van der Waals surface area contributed by atoms with Gasteiger partial charge in [0.05, 0.1) is 0 Å². The summed E-state index contributed by atoms with van der Waals surface area (Å²) in [5.41, 5.74) is 0. The number of hydrogen-bond donors (Lipinski definition) is 1. The molecule has 0 aliphatic rings. The van der Waals surface area contributed by atoms with E-state index in [-0.39, 0.29) is 6.04 Å². The van der Waals surface area contributed by atoms with E-state index in [2.05, 4.69) is 6.92 Å². The van der Waals surface area contributed by atoms with E-state index in [0.717, 1.165) is 25.7 Å². The predicted octanol–water partition coefficient (Wildman–Crippen LogP) is 1.09. The molecule has 0 aromatic rings. The molecule has 0 radical (unpaired) electrons. The first-order valence-corrected chi connectivity index (χ1v) is 6.15. The molecular weight excluding hydrogens is 188 g/mol. The zero-order valence-corrected chi connectivity index (χ0v) is 9.47. The summed E-state index contributed by atoms with van der Waals surface area (Å²) in [5, 5.41) is 4.98. The molecule has 0 amide bonds. The van der Waals surface area contributed by atoms with Crippen molar-refractivity contribution in [3.8, 4) is 0 Å². The number of rotatable bonds is 6. The Bertz CT molecular complexity index is 226. The molecule has 0 aliphatic carbocycles. The van der Waals surface area contributed by atoms with Gasteiger partial charge in [-0.15, -0.1) is 0 Å². The zero-order chi connectivity index (χ0) is 10.5. The second-order valence-electron chi connectivity index (χ2n) is 3.41. The third kappa shape index (κ3) is 5.23. The van der Waals surface area contributed by atoms with Crippen LogP contribution in [0.15, 0.2) is 0 Å².